The van der Waals surface area contributed by atoms with Crippen molar-refractivity contribution in [1.82, 2.24) is 5.32 Å². The van der Waals surface area contributed by atoms with Crippen LogP contribution in [-0.4, -0.2) is 31.3 Å². The lowest BCUT2D eigenvalue weighted by Gasteiger charge is -2.23. The minimum absolute atomic E-state index is 0.258. The van der Waals surface area contributed by atoms with Crippen molar-refractivity contribution in [2.75, 3.05) is 31.1 Å². The van der Waals surface area contributed by atoms with Crippen molar-refractivity contribution >= 4 is 5.69 Å². The fraction of sp³-hybridized carbons (Fsp3) is 0.625. The zero-order chi connectivity index (χ0) is 14.1. The molecule has 0 saturated heterocycles. The third-order valence-corrected chi connectivity index (χ3v) is 3.15. The first-order chi connectivity index (χ1) is 9.17. The van der Waals surface area contributed by atoms with Gasteiger partial charge in [0.05, 0.1) is 0 Å². The van der Waals surface area contributed by atoms with Gasteiger partial charge in [0.2, 0.25) is 0 Å². The maximum atomic E-state index is 8.91. The van der Waals surface area contributed by atoms with Crippen molar-refractivity contribution in [2.45, 2.75) is 33.7 Å². The Bertz CT molecular complexity index is 335. The smallest absolute Gasteiger partial charge is 0.0447 e. The Balaban J connectivity index is 2.49. The van der Waals surface area contributed by atoms with Gasteiger partial charge in [0.1, 0.15) is 0 Å². The first-order valence-corrected chi connectivity index (χ1v) is 7.32. The average molecular weight is 264 g/mol. The summed E-state index contributed by atoms with van der Waals surface area (Å²) in [4.78, 5) is 2.29. The normalized spacial score (nSPS) is 11.0. The molecule has 0 atom stereocenters. The van der Waals surface area contributed by atoms with Gasteiger partial charge in [0, 0.05) is 31.9 Å². The van der Waals surface area contributed by atoms with Crippen molar-refractivity contribution in [3.8, 4) is 0 Å². The van der Waals surface area contributed by atoms with Crippen molar-refractivity contribution in [3.05, 3.63) is 29.8 Å². The predicted molar refractivity (Wildman–Crippen MR) is 82.6 cm³/mol. The van der Waals surface area contributed by atoms with Gasteiger partial charge in [0.15, 0.2) is 0 Å². The van der Waals surface area contributed by atoms with E-state index in [0.717, 1.165) is 32.6 Å². The molecule has 0 saturated carbocycles. The molecule has 0 aliphatic carbocycles. The molecule has 3 nitrogen and oxygen atoms in total. The van der Waals surface area contributed by atoms with E-state index in [1.807, 2.05) is 0 Å². The molecule has 0 aliphatic heterocycles. The van der Waals surface area contributed by atoms with Gasteiger partial charge in [-0.05, 0) is 43.5 Å². The Labute approximate surface area is 117 Å². The predicted octanol–water partition coefficient (Wildman–Crippen LogP) is 2.64. The number of nitrogens with one attached hydrogen (secondary N) is 1. The number of aliphatic hydroxyl groups excluding tert-OH is 1. The Hall–Kier alpha value is -1.06. The molecule has 1 aromatic carbocycles. The maximum absolute atomic E-state index is 8.91. The summed E-state index contributed by atoms with van der Waals surface area (Å²) in [6.07, 6.45) is 0.825. The van der Waals surface area contributed by atoms with Gasteiger partial charge >= 0.3 is 0 Å². The van der Waals surface area contributed by atoms with E-state index in [0.29, 0.717) is 5.92 Å². The highest BCUT2D eigenvalue weighted by Gasteiger charge is 2.03. The van der Waals surface area contributed by atoms with Crippen molar-refractivity contribution in [2.24, 2.45) is 5.92 Å². The second kappa shape index (κ2) is 8.94. The van der Waals surface area contributed by atoms with Gasteiger partial charge in [-0.1, -0.05) is 26.0 Å². The number of anilines is 1. The first kappa shape index (κ1) is 16.0. The average Bonchev–Trinajstić information content (AvgIpc) is 2.41. The summed E-state index contributed by atoms with van der Waals surface area (Å²) in [5.41, 5.74) is 2.56. The van der Waals surface area contributed by atoms with Crippen LogP contribution in [0.25, 0.3) is 0 Å². The Morgan fingerprint density at radius 2 is 1.89 bits per heavy atom. The lowest BCUT2D eigenvalue weighted by Crippen LogP contribution is -2.24. The number of nitrogens with zero attached hydrogens (tertiary/aromatic N) is 1. The number of hydrogen-bond donors (Lipinski definition) is 2. The van der Waals surface area contributed by atoms with Gasteiger partial charge in [0.25, 0.3) is 0 Å². The second-order valence-electron chi connectivity index (χ2n) is 5.35. The van der Waals surface area contributed by atoms with E-state index in [-0.39, 0.29) is 6.61 Å². The largest absolute Gasteiger partial charge is 0.396 e. The van der Waals surface area contributed by atoms with Crippen molar-refractivity contribution in [1.29, 1.82) is 0 Å². The highest BCUT2D eigenvalue weighted by molar-refractivity contribution is 5.47. The Morgan fingerprint density at radius 3 is 2.42 bits per heavy atom. The first-order valence-electron chi connectivity index (χ1n) is 7.32. The maximum Gasteiger partial charge on any atom is 0.0447 e. The third-order valence-electron chi connectivity index (χ3n) is 3.15. The summed E-state index contributed by atoms with van der Waals surface area (Å²) in [6, 6.07) is 8.72. The quantitative estimate of drug-likeness (QED) is 0.720. The van der Waals surface area contributed by atoms with Crippen molar-refractivity contribution in [3.63, 3.8) is 0 Å². The van der Waals surface area contributed by atoms with Gasteiger partial charge in [-0.3, -0.25) is 0 Å². The van der Waals surface area contributed by atoms with E-state index in [4.69, 9.17) is 5.11 Å². The van der Waals surface area contributed by atoms with Crippen LogP contribution in [0, 0.1) is 5.92 Å². The molecular weight excluding hydrogens is 236 g/mol. The molecule has 2 N–H and O–H groups in total. The monoisotopic (exact) mass is 264 g/mol. The fourth-order valence-electron chi connectivity index (χ4n) is 2.06. The van der Waals surface area contributed by atoms with Gasteiger partial charge in [-0.2, -0.15) is 0 Å². The van der Waals surface area contributed by atoms with E-state index in [1.54, 1.807) is 0 Å². The Morgan fingerprint density at radius 1 is 1.21 bits per heavy atom. The van der Waals surface area contributed by atoms with E-state index in [9.17, 15) is 0 Å². The van der Waals surface area contributed by atoms with E-state index in [1.165, 1.54) is 11.3 Å². The van der Waals surface area contributed by atoms with Gasteiger partial charge in [-0.15, -0.1) is 0 Å². The van der Waals surface area contributed by atoms with Crippen LogP contribution in [-0.2, 0) is 6.54 Å². The van der Waals surface area contributed by atoms with Crippen LogP contribution in [0.1, 0.15) is 32.8 Å². The molecule has 0 heterocycles. The lowest BCUT2D eigenvalue weighted by atomic mass is 10.1. The summed E-state index contributed by atoms with van der Waals surface area (Å²) >= 11 is 0. The third kappa shape index (κ3) is 6.08. The molecule has 108 valence electrons. The van der Waals surface area contributed by atoms with Crippen LogP contribution in [0.4, 0.5) is 5.69 Å². The molecule has 0 amide bonds. The topological polar surface area (TPSA) is 35.5 Å². The molecule has 0 spiro atoms. The molecule has 1 rings (SSSR count). The number of rotatable bonds is 9. The summed E-state index contributed by atoms with van der Waals surface area (Å²) in [5.74, 6) is 0.688. The SMILES string of the molecule is CCN(CCCO)c1ccc(CNCC(C)C)cc1. The number of aliphatic hydroxyl groups is 1. The van der Waals surface area contributed by atoms with Crippen LogP contribution in [0.15, 0.2) is 24.3 Å². The molecule has 0 fully saturated rings. The number of hydrogen-bond acceptors (Lipinski definition) is 3. The lowest BCUT2D eigenvalue weighted by molar-refractivity contribution is 0.289. The van der Waals surface area contributed by atoms with Gasteiger partial charge in [-0.25, -0.2) is 0 Å². The van der Waals surface area contributed by atoms with Crippen LogP contribution < -0.4 is 10.2 Å². The fourth-order valence-corrected chi connectivity index (χ4v) is 2.06. The minimum Gasteiger partial charge on any atom is -0.396 e. The molecule has 0 radical (unpaired) electrons. The second-order valence-corrected chi connectivity index (χ2v) is 5.35. The highest BCUT2D eigenvalue weighted by atomic mass is 16.3. The molecule has 19 heavy (non-hydrogen) atoms. The molecule has 0 aliphatic rings. The molecule has 3 heteroatoms. The van der Waals surface area contributed by atoms with E-state index >= 15 is 0 Å². The van der Waals surface area contributed by atoms with Crippen LogP contribution in [0.2, 0.25) is 0 Å². The van der Waals surface area contributed by atoms with E-state index in [2.05, 4.69) is 55.3 Å². The van der Waals surface area contributed by atoms with Gasteiger partial charge < -0.3 is 15.3 Å². The number of benzene rings is 1. The highest BCUT2D eigenvalue weighted by Crippen LogP contribution is 2.15. The van der Waals surface area contributed by atoms with Crippen LogP contribution in [0.5, 0.6) is 0 Å². The van der Waals surface area contributed by atoms with Crippen LogP contribution >= 0.6 is 0 Å². The molecular formula is C16H28N2O. The minimum atomic E-state index is 0.258. The molecule has 0 aromatic heterocycles. The summed E-state index contributed by atoms with van der Waals surface area (Å²) in [6.45, 7) is 10.7. The summed E-state index contributed by atoms with van der Waals surface area (Å²) < 4.78 is 0. The van der Waals surface area contributed by atoms with Crippen LogP contribution in [0.3, 0.4) is 0 Å². The molecule has 1 aromatic rings. The standard InChI is InChI=1S/C16H28N2O/c1-4-18(10-5-11-19)16-8-6-15(7-9-16)13-17-12-14(2)3/h6-9,14,17,19H,4-5,10-13H2,1-3H3. The zero-order valence-corrected chi connectivity index (χ0v) is 12.5. The van der Waals surface area contributed by atoms with E-state index < -0.39 is 0 Å². The summed E-state index contributed by atoms with van der Waals surface area (Å²) in [7, 11) is 0. The summed E-state index contributed by atoms with van der Waals surface area (Å²) in [5, 5.41) is 12.4. The zero-order valence-electron chi connectivity index (χ0n) is 12.5. The molecule has 0 bridgehead atoms. The Kier molecular flexibility index (Phi) is 7.53. The van der Waals surface area contributed by atoms with Crippen molar-refractivity contribution < 1.29 is 5.11 Å². The molecule has 0 unspecified atom stereocenters.